The van der Waals surface area contributed by atoms with Gasteiger partial charge >= 0.3 is 23.9 Å². The minimum absolute atomic E-state index is 0. The Labute approximate surface area is 127 Å². The van der Waals surface area contributed by atoms with E-state index in [1.54, 1.807) is 6.20 Å². The van der Waals surface area contributed by atoms with Crippen LogP contribution in [-0.4, -0.2) is 49.1 Å². The average molecular weight is 365 g/mol. The largest absolute Gasteiger partial charge is 2.00 e. The van der Waals surface area contributed by atoms with Gasteiger partial charge in [-0.3, -0.25) is 0 Å². The van der Waals surface area contributed by atoms with Crippen molar-refractivity contribution in [3.8, 4) is 0 Å². The van der Waals surface area contributed by atoms with Crippen LogP contribution in [0.15, 0.2) is 17.1 Å². The van der Waals surface area contributed by atoms with E-state index in [1.807, 2.05) is 13.8 Å². The molecule has 0 aromatic carbocycles. The molecule has 0 aromatic heterocycles. The summed E-state index contributed by atoms with van der Waals surface area (Å²) in [5, 5.41) is 4.45. The van der Waals surface area contributed by atoms with Gasteiger partial charge in [-0.2, -0.15) is 0 Å². The second kappa shape index (κ2) is 9.88. The van der Waals surface area contributed by atoms with Crippen molar-refractivity contribution in [2.45, 2.75) is 33.7 Å². The molecule has 0 amide bonds. The first-order valence-electron chi connectivity index (χ1n) is 5.43. The summed E-state index contributed by atoms with van der Waals surface area (Å²) in [5.41, 5.74) is 0. The van der Waals surface area contributed by atoms with Gasteiger partial charge in [-0.15, -0.1) is 0 Å². The molecule has 0 aromatic rings. The molecule has 1 aliphatic heterocycles. The molecule has 0 unspecified atom stereocenters. The van der Waals surface area contributed by atoms with Crippen LogP contribution in [0.3, 0.4) is 0 Å². The fraction of sp³-hybridized carbons (Fsp3) is 0.727. The second-order valence-corrected chi connectivity index (χ2v) is 3.62. The Bertz CT molecular complexity index is 270. The summed E-state index contributed by atoms with van der Waals surface area (Å²) in [6.07, 6.45) is 1.62. The van der Waals surface area contributed by atoms with Crippen molar-refractivity contribution < 1.29 is 21.9 Å². The van der Waals surface area contributed by atoms with Gasteiger partial charge in [0.05, 0.1) is 19.4 Å². The monoisotopic (exact) mass is 366 g/mol. The molecule has 0 N–H and O–H groups in total. The van der Waals surface area contributed by atoms with E-state index in [1.165, 1.54) is 0 Å². The molecule has 6 heteroatoms. The van der Waals surface area contributed by atoms with Gasteiger partial charge in [-0.05, 0) is 19.9 Å². The summed E-state index contributed by atoms with van der Waals surface area (Å²) >= 11 is 0. The summed E-state index contributed by atoms with van der Waals surface area (Å²) in [6.45, 7) is 9.30. The minimum Gasteiger partial charge on any atom is -1.00 e. The van der Waals surface area contributed by atoms with E-state index in [4.69, 9.17) is 9.47 Å². The Balaban J connectivity index is 0. The van der Waals surface area contributed by atoms with Gasteiger partial charge in [0.25, 0.3) is 0 Å². The van der Waals surface area contributed by atoms with Gasteiger partial charge in [-0.1, -0.05) is 19.8 Å². The third kappa shape index (κ3) is 5.86. The van der Waals surface area contributed by atoms with Gasteiger partial charge in [0.1, 0.15) is 0 Å². The maximum atomic E-state index is 5.44. The first-order valence-corrected chi connectivity index (χ1v) is 5.43. The van der Waals surface area contributed by atoms with Crippen LogP contribution >= 0.6 is 0 Å². The molecule has 0 spiro atoms. The topological polar surface area (TPSA) is 44.9 Å². The van der Waals surface area contributed by atoms with Crippen LogP contribution in [-0.2, 0) is 9.47 Å². The zero-order chi connectivity index (χ0) is 11.3. The fourth-order valence-electron chi connectivity index (χ4n) is 1.35. The molecule has 1 rings (SSSR count). The van der Waals surface area contributed by atoms with E-state index >= 15 is 0 Å². The molecule has 0 bridgehead atoms. The van der Waals surface area contributed by atoms with E-state index < -0.39 is 0 Å². The summed E-state index contributed by atoms with van der Waals surface area (Å²) in [6, 6.07) is -0.0171. The summed E-state index contributed by atoms with van der Waals surface area (Å²) in [4.78, 5) is 4.24. The Morgan fingerprint density at radius 1 is 1.29 bits per heavy atom. The van der Waals surface area contributed by atoms with E-state index in [0.717, 1.165) is 0 Å². The molecule has 1 aliphatic rings. The number of hydrogen-bond donors (Lipinski definition) is 0. The van der Waals surface area contributed by atoms with E-state index in [-0.39, 0.29) is 42.4 Å². The smallest absolute Gasteiger partial charge is 1.00 e. The van der Waals surface area contributed by atoms with Crippen LogP contribution in [0.2, 0.25) is 0 Å². The molecule has 0 aliphatic carbocycles. The van der Waals surface area contributed by atoms with E-state index in [2.05, 4.69) is 24.2 Å². The third-order valence-corrected chi connectivity index (χ3v) is 2.04. The summed E-state index contributed by atoms with van der Waals surface area (Å²) in [7, 11) is 0. The zero-order valence-corrected chi connectivity index (χ0v) is 14.3. The number of nitrogens with zero attached hydrogens (tertiary/aromatic N) is 2. The number of hydrogen-bond acceptors (Lipinski definition) is 3. The summed E-state index contributed by atoms with van der Waals surface area (Å²) in [5.74, 6) is 1.65. The molecule has 1 atom stereocenters. The second-order valence-electron chi connectivity index (χ2n) is 3.62. The van der Waals surface area contributed by atoms with E-state index in [9.17, 15) is 0 Å². The number of ether oxygens (including phenoxy) is 2. The van der Waals surface area contributed by atoms with Gasteiger partial charge in [0, 0.05) is 5.88 Å². The third-order valence-electron chi connectivity index (χ3n) is 2.04. The Morgan fingerprint density at radius 3 is 2.35 bits per heavy atom. The normalized spacial score (nSPS) is 18.1. The maximum Gasteiger partial charge on any atom is 2.00 e. The van der Waals surface area contributed by atoms with Crippen molar-refractivity contribution in [1.29, 1.82) is 0 Å². The quantitative estimate of drug-likeness (QED) is 0.618. The molecule has 17 heavy (non-hydrogen) atoms. The molecular formula is C11H19ClN2O2Sn. The van der Waals surface area contributed by atoms with Crippen molar-refractivity contribution in [1.82, 2.24) is 0 Å². The van der Waals surface area contributed by atoms with Crippen molar-refractivity contribution in [2.24, 2.45) is 10.9 Å². The molecule has 1 heterocycles. The molecule has 0 fully saturated rings. The fourth-order valence-corrected chi connectivity index (χ4v) is 1.35. The van der Waals surface area contributed by atoms with Crippen LogP contribution in [0.5, 0.6) is 0 Å². The Hall–Kier alpha value is -0.101. The zero-order valence-electron chi connectivity index (χ0n) is 10.7. The predicted molar refractivity (Wildman–Crippen MR) is 66.5 cm³/mol. The first-order chi connectivity index (χ1) is 7.19. The maximum absolute atomic E-state index is 5.44. The van der Waals surface area contributed by atoms with Crippen LogP contribution in [0.4, 0.5) is 0 Å². The predicted octanol–water partition coefficient (Wildman–Crippen LogP) is -0.708. The molecular weight excluding hydrogens is 346 g/mol. The van der Waals surface area contributed by atoms with Crippen LogP contribution in [0.25, 0.3) is 5.32 Å². The molecule has 96 valence electrons. The first kappa shape index (κ1) is 19.2. The molecule has 4 nitrogen and oxygen atoms in total. The number of aliphatic imine (C=N–C) groups is 1. The van der Waals surface area contributed by atoms with Crippen LogP contribution in [0, 0.1) is 5.92 Å². The molecule has 2 radical (unpaired) electrons. The Morgan fingerprint density at radius 2 is 1.88 bits per heavy atom. The van der Waals surface area contributed by atoms with Crippen molar-refractivity contribution in [3.05, 3.63) is 17.4 Å². The van der Waals surface area contributed by atoms with Crippen molar-refractivity contribution in [2.75, 3.05) is 13.2 Å². The van der Waals surface area contributed by atoms with Gasteiger partial charge in [0.15, 0.2) is 5.90 Å². The average Bonchev–Trinajstić information content (AvgIpc) is 2.21. The van der Waals surface area contributed by atoms with E-state index in [0.29, 0.717) is 30.9 Å². The molecule has 0 saturated carbocycles. The van der Waals surface area contributed by atoms with Gasteiger partial charge in [-0.25, -0.2) is 4.99 Å². The number of halogens is 1. The van der Waals surface area contributed by atoms with Gasteiger partial charge < -0.3 is 27.2 Å². The Kier molecular flexibility index (Phi) is 11.2. The van der Waals surface area contributed by atoms with Crippen molar-refractivity contribution >= 4 is 29.8 Å². The standard InChI is InChI=1S/C11H19N2O2.ClH.Sn/c1-5-14-9-7-12-11(15-6-2)10(13-9)8(3)4;;/h7-8,10H,5-6H2,1-4H3;1H;/q-1;;+2/p-1/t10-;;/m1../s1. The molecule has 0 saturated heterocycles. The van der Waals surface area contributed by atoms with Crippen LogP contribution < -0.4 is 12.4 Å². The summed E-state index contributed by atoms with van der Waals surface area (Å²) < 4.78 is 10.8. The number of rotatable bonds is 4. The van der Waals surface area contributed by atoms with Crippen LogP contribution in [0.1, 0.15) is 27.7 Å². The SMILES string of the molecule is CCOC1=CN=C(OCC)[C@@H](C(C)C)[N-]1.[Cl-].[Sn+2]. The van der Waals surface area contributed by atoms with Gasteiger partial charge in [0.2, 0.25) is 0 Å². The van der Waals surface area contributed by atoms with Crippen molar-refractivity contribution in [3.63, 3.8) is 0 Å². The minimum atomic E-state index is -0.0171.